The van der Waals surface area contributed by atoms with Gasteiger partial charge in [-0.25, -0.2) is 9.79 Å². The van der Waals surface area contributed by atoms with Gasteiger partial charge in [-0.2, -0.15) is 0 Å². The fraction of sp³-hybridized carbons (Fsp3) is 0.179. The lowest BCUT2D eigenvalue weighted by molar-refractivity contribution is -0.384. The first-order valence-electron chi connectivity index (χ1n) is 12.1. The van der Waals surface area contributed by atoms with Crippen LogP contribution in [0.4, 0.5) is 5.69 Å². The van der Waals surface area contributed by atoms with Crippen LogP contribution in [0.25, 0.3) is 17.4 Å². The number of furan rings is 1. The smallest absolute Gasteiger partial charge is 0.338 e. The number of rotatable bonds is 7. The van der Waals surface area contributed by atoms with Gasteiger partial charge in [0.25, 0.3) is 11.2 Å². The Kier molecular flexibility index (Phi) is 7.42. The van der Waals surface area contributed by atoms with Crippen molar-refractivity contribution in [3.8, 4) is 17.1 Å². The van der Waals surface area contributed by atoms with Gasteiger partial charge in [-0.05, 0) is 49.7 Å². The highest BCUT2D eigenvalue weighted by molar-refractivity contribution is 7.07. The van der Waals surface area contributed by atoms with Gasteiger partial charge < -0.3 is 13.9 Å². The molecule has 12 heteroatoms. The summed E-state index contributed by atoms with van der Waals surface area (Å²) in [5.74, 6) is 0.727. The molecule has 0 saturated heterocycles. The number of methoxy groups -OCH3 is 1. The standard InChI is InChI=1S/C28H22ClN3O7S/c1-4-38-27(34)24-15(2)30-28-31(25(24)16-5-8-18(37-3)9-6-16)26(33)23(40-28)14-19-10-12-22(39-19)20-13-17(32(35)36)7-11-21(20)29/h5-14,25H,4H2,1-3H3/b23-14-. The molecule has 1 atom stereocenters. The molecule has 40 heavy (non-hydrogen) atoms. The van der Waals surface area contributed by atoms with E-state index in [1.54, 1.807) is 63.4 Å². The molecular weight excluding hydrogens is 558 g/mol. The van der Waals surface area contributed by atoms with Crippen molar-refractivity contribution >= 4 is 40.7 Å². The van der Waals surface area contributed by atoms with Gasteiger partial charge >= 0.3 is 5.97 Å². The number of carbonyl (C=O) groups is 1. The number of aromatic nitrogens is 1. The molecule has 0 saturated carbocycles. The first-order chi connectivity index (χ1) is 19.2. The number of ether oxygens (including phenoxy) is 2. The molecule has 2 aromatic heterocycles. The summed E-state index contributed by atoms with van der Waals surface area (Å²) in [7, 11) is 1.55. The van der Waals surface area contributed by atoms with Crippen LogP contribution in [0.5, 0.6) is 5.75 Å². The van der Waals surface area contributed by atoms with E-state index in [0.29, 0.717) is 43.4 Å². The van der Waals surface area contributed by atoms with Crippen molar-refractivity contribution in [1.29, 1.82) is 0 Å². The van der Waals surface area contributed by atoms with E-state index in [1.807, 2.05) is 0 Å². The number of benzene rings is 2. The van der Waals surface area contributed by atoms with Gasteiger partial charge in [-0.3, -0.25) is 19.5 Å². The lowest BCUT2D eigenvalue weighted by Crippen LogP contribution is -2.39. The van der Waals surface area contributed by atoms with E-state index in [2.05, 4.69) is 4.99 Å². The van der Waals surface area contributed by atoms with E-state index in [-0.39, 0.29) is 28.4 Å². The molecule has 0 spiro atoms. The zero-order valence-corrected chi connectivity index (χ0v) is 23.1. The summed E-state index contributed by atoms with van der Waals surface area (Å²) in [4.78, 5) is 42.4. The second kappa shape index (κ2) is 10.9. The van der Waals surface area contributed by atoms with Gasteiger partial charge in [0.2, 0.25) is 0 Å². The van der Waals surface area contributed by atoms with Crippen molar-refractivity contribution in [3.63, 3.8) is 0 Å². The van der Waals surface area contributed by atoms with Crippen LogP contribution in [0.1, 0.15) is 31.2 Å². The molecule has 1 unspecified atom stereocenters. The van der Waals surface area contributed by atoms with Crippen molar-refractivity contribution in [2.24, 2.45) is 4.99 Å². The predicted molar refractivity (Wildman–Crippen MR) is 149 cm³/mol. The van der Waals surface area contributed by atoms with Crippen LogP contribution >= 0.6 is 22.9 Å². The number of esters is 1. The normalized spacial score (nSPS) is 15.0. The maximum Gasteiger partial charge on any atom is 0.338 e. The van der Waals surface area contributed by atoms with Gasteiger partial charge in [0.05, 0.1) is 45.5 Å². The Morgan fingerprint density at radius 1 is 1.23 bits per heavy atom. The Hall–Kier alpha value is -4.48. The third-order valence-corrected chi connectivity index (χ3v) is 7.59. The van der Waals surface area contributed by atoms with E-state index in [4.69, 9.17) is 25.5 Å². The van der Waals surface area contributed by atoms with Gasteiger partial charge in [0.1, 0.15) is 17.3 Å². The van der Waals surface area contributed by atoms with E-state index in [1.165, 1.54) is 22.8 Å². The zero-order chi connectivity index (χ0) is 28.6. The first-order valence-corrected chi connectivity index (χ1v) is 13.3. The Morgan fingerprint density at radius 2 is 1.98 bits per heavy atom. The van der Waals surface area contributed by atoms with Crippen molar-refractivity contribution in [1.82, 2.24) is 4.57 Å². The zero-order valence-electron chi connectivity index (χ0n) is 21.5. The van der Waals surface area contributed by atoms with Crippen molar-refractivity contribution < 1.29 is 23.6 Å². The molecule has 5 rings (SSSR count). The van der Waals surface area contributed by atoms with Crippen LogP contribution in [0.15, 0.2) is 80.1 Å². The molecule has 1 aliphatic heterocycles. The van der Waals surface area contributed by atoms with Crippen LogP contribution in [0.2, 0.25) is 5.02 Å². The number of nitro groups is 1. The Bertz CT molecular complexity index is 1850. The van der Waals surface area contributed by atoms with Gasteiger partial charge in [-0.1, -0.05) is 35.1 Å². The molecule has 4 aromatic rings. The summed E-state index contributed by atoms with van der Waals surface area (Å²) in [5.41, 5.74) is 1.26. The van der Waals surface area contributed by atoms with E-state index < -0.39 is 16.9 Å². The Labute approximate surface area is 236 Å². The molecule has 0 amide bonds. The average Bonchev–Trinajstić information content (AvgIpc) is 3.52. The predicted octanol–water partition coefficient (Wildman–Crippen LogP) is 4.63. The molecule has 0 radical (unpaired) electrons. The van der Waals surface area contributed by atoms with Crippen molar-refractivity contribution in [2.75, 3.05) is 13.7 Å². The maximum absolute atomic E-state index is 13.8. The summed E-state index contributed by atoms with van der Waals surface area (Å²) < 4.78 is 18.3. The summed E-state index contributed by atoms with van der Waals surface area (Å²) in [6.07, 6.45) is 1.56. The number of nitrogens with zero attached hydrogens (tertiary/aromatic N) is 3. The minimum absolute atomic E-state index is 0.128. The summed E-state index contributed by atoms with van der Waals surface area (Å²) in [5, 5.41) is 11.5. The van der Waals surface area contributed by atoms with E-state index in [0.717, 1.165) is 11.3 Å². The first kappa shape index (κ1) is 27.1. The number of carbonyl (C=O) groups excluding carboxylic acids is 1. The summed E-state index contributed by atoms with van der Waals surface area (Å²) in [6, 6.07) is 13.7. The number of halogens is 1. The molecule has 3 heterocycles. The second-order valence-corrected chi connectivity index (χ2v) is 10.1. The lowest BCUT2D eigenvalue weighted by Gasteiger charge is -2.24. The van der Waals surface area contributed by atoms with Crippen molar-refractivity contribution in [2.45, 2.75) is 19.9 Å². The van der Waals surface area contributed by atoms with Gasteiger partial charge in [0, 0.05) is 23.8 Å². The summed E-state index contributed by atoms with van der Waals surface area (Å²) >= 11 is 7.41. The minimum atomic E-state index is -0.765. The largest absolute Gasteiger partial charge is 0.497 e. The number of fused-ring (bicyclic) bond motifs is 1. The second-order valence-electron chi connectivity index (χ2n) is 8.70. The van der Waals surface area contributed by atoms with Crippen LogP contribution in [0, 0.1) is 10.1 Å². The number of hydrogen-bond acceptors (Lipinski definition) is 9. The molecule has 0 fully saturated rings. The quantitative estimate of drug-likeness (QED) is 0.177. The summed E-state index contributed by atoms with van der Waals surface area (Å²) in [6.45, 7) is 3.59. The number of allylic oxidation sites excluding steroid dienone is 1. The molecule has 0 N–H and O–H groups in total. The fourth-order valence-corrected chi connectivity index (χ4v) is 5.65. The lowest BCUT2D eigenvalue weighted by atomic mass is 9.96. The highest BCUT2D eigenvalue weighted by Crippen LogP contribution is 2.33. The monoisotopic (exact) mass is 579 g/mol. The molecule has 1 aliphatic rings. The number of nitro benzene ring substituents is 1. The van der Waals surface area contributed by atoms with Gasteiger partial charge in [0.15, 0.2) is 4.80 Å². The molecule has 0 bridgehead atoms. The van der Waals surface area contributed by atoms with Crippen LogP contribution in [0.3, 0.4) is 0 Å². The van der Waals surface area contributed by atoms with Crippen molar-refractivity contribution in [3.05, 3.63) is 112 Å². The Morgan fingerprint density at radius 3 is 2.65 bits per heavy atom. The number of hydrogen-bond donors (Lipinski definition) is 0. The third kappa shape index (κ3) is 4.96. The molecule has 204 valence electrons. The number of thiazole rings is 1. The maximum atomic E-state index is 13.8. The van der Waals surface area contributed by atoms with Crippen LogP contribution in [-0.2, 0) is 9.53 Å². The molecule has 0 aliphatic carbocycles. The molecule has 10 nitrogen and oxygen atoms in total. The van der Waals surface area contributed by atoms with Crippen LogP contribution < -0.4 is 19.6 Å². The highest BCUT2D eigenvalue weighted by Gasteiger charge is 2.33. The van der Waals surface area contributed by atoms with E-state index >= 15 is 0 Å². The average molecular weight is 580 g/mol. The molecule has 2 aromatic carbocycles. The highest BCUT2D eigenvalue weighted by atomic mass is 35.5. The number of non-ortho nitro benzene ring substituents is 1. The Balaban J connectivity index is 1.62. The van der Waals surface area contributed by atoms with E-state index in [9.17, 15) is 19.7 Å². The van der Waals surface area contributed by atoms with Gasteiger partial charge in [-0.15, -0.1) is 0 Å². The SMILES string of the molecule is CCOC(=O)C1=C(C)N=c2s/c(=C\c3ccc(-c4cc([N+](=O)[O-])ccc4Cl)o3)c(=O)n2C1c1ccc(OC)cc1. The van der Waals surface area contributed by atoms with Crippen LogP contribution in [-0.4, -0.2) is 29.2 Å². The minimum Gasteiger partial charge on any atom is -0.497 e. The molecular formula is C28H22ClN3O7S. The third-order valence-electron chi connectivity index (χ3n) is 6.27. The fourth-order valence-electron chi connectivity index (χ4n) is 4.41. The topological polar surface area (TPSA) is 126 Å².